The molecule has 212 valence electrons. The molecule has 1 heterocycles. The molecular formula is C24H51Cl2N3O6. The van der Waals surface area contributed by atoms with Gasteiger partial charge in [0.1, 0.15) is 75.9 Å². The van der Waals surface area contributed by atoms with Gasteiger partial charge in [0.05, 0.1) is 0 Å². The van der Waals surface area contributed by atoms with Crippen molar-refractivity contribution in [1.82, 2.24) is 4.98 Å². The average molecular weight is 549 g/mol. The molecule has 8 N–H and O–H groups in total. The van der Waals surface area contributed by atoms with Crippen LogP contribution in [0, 0.1) is 6.92 Å². The van der Waals surface area contributed by atoms with Gasteiger partial charge in [-0.2, -0.15) is 0 Å². The summed E-state index contributed by atoms with van der Waals surface area (Å²) in [7, 11) is 0. The molecule has 0 radical (unpaired) electrons. The fourth-order valence-corrected chi connectivity index (χ4v) is 3.45. The van der Waals surface area contributed by atoms with E-state index in [9.17, 15) is 0 Å². The van der Waals surface area contributed by atoms with E-state index in [0.29, 0.717) is 39.3 Å². The first-order valence-corrected chi connectivity index (χ1v) is 11.9. The Hall–Kier alpha value is -0.590. The van der Waals surface area contributed by atoms with Crippen molar-refractivity contribution in [2.24, 2.45) is 0 Å². The molecule has 0 saturated heterocycles. The first kappa shape index (κ1) is 41.5. The Morgan fingerprint density at radius 1 is 0.571 bits per heavy atom. The van der Waals surface area contributed by atoms with Crippen molar-refractivity contribution in [3.05, 3.63) is 30.1 Å². The van der Waals surface area contributed by atoms with Crippen molar-refractivity contribution in [3.8, 4) is 0 Å². The minimum absolute atomic E-state index is 0. The molecular weight excluding hydrogens is 497 g/mol. The van der Waals surface area contributed by atoms with Crippen molar-refractivity contribution < 1.29 is 65.3 Å². The highest BCUT2D eigenvalue weighted by atomic mass is 35.5. The molecule has 9 nitrogen and oxygen atoms in total. The number of halogens is 2. The van der Waals surface area contributed by atoms with Gasteiger partial charge in [-0.1, -0.05) is 6.07 Å². The third kappa shape index (κ3) is 33.4. The van der Waals surface area contributed by atoms with Gasteiger partial charge in [0.15, 0.2) is 0 Å². The van der Waals surface area contributed by atoms with E-state index in [1.54, 1.807) is 47.7 Å². The maximum absolute atomic E-state index is 9.16. The lowest BCUT2D eigenvalue weighted by molar-refractivity contribution is -0.908. The number of aryl methyl sites for hydroxylation is 1. The summed E-state index contributed by atoms with van der Waals surface area (Å²) in [6.07, 6.45) is -0.588. The summed E-state index contributed by atoms with van der Waals surface area (Å²) < 4.78 is 0. The van der Waals surface area contributed by atoms with Crippen molar-refractivity contribution in [2.45, 2.75) is 85.1 Å². The maximum atomic E-state index is 9.16. The Kier molecular flexibility index (Phi) is 29.8. The van der Waals surface area contributed by atoms with Crippen LogP contribution in [0.2, 0.25) is 0 Å². The van der Waals surface area contributed by atoms with Crippen molar-refractivity contribution in [3.63, 3.8) is 0 Å². The van der Waals surface area contributed by atoms with Gasteiger partial charge in [0, 0.05) is 11.9 Å². The van der Waals surface area contributed by atoms with Crippen LogP contribution in [0.25, 0.3) is 0 Å². The van der Waals surface area contributed by atoms with Crippen LogP contribution in [-0.2, 0) is 0 Å². The standard InChI is InChI=1S/2C9H21NO3.C6H7N.2ClH/c2*1-7(11)4-10(5-8(2)12)6-9(3)13;1-6-4-2-3-5-7-6;;/h2*7-9,11-13H,4-6H2,1-3H3;2-5H,1H3;2*1H. The van der Waals surface area contributed by atoms with Crippen LogP contribution in [0.15, 0.2) is 24.4 Å². The zero-order valence-corrected chi connectivity index (χ0v) is 23.9. The van der Waals surface area contributed by atoms with E-state index in [4.69, 9.17) is 30.6 Å². The van der Waals surface area contributed by atoms with Crippen LogP contribution < -0.4 is 34.6 Å². The molecule has 1 rings (SSSR count). The van der Waals surface area contributed by atoms with E-state index < -0.39 is 36.6 Å². The second-order valence-corrected chi connectivity index (χ2v) is 9.29. The average Bonchev–Trinajstić information content (AvgIpc) is 2.59. The van der Waals surface area contributed by atoms with E-state index in [1.165, 1.54) is 0 Å². The maximum Gasteiger partial charge on any atom is 0.103 e. The molecule has 0 aliphatic heterocycles. The van der Waals surface area contributed by atoms with Gasteiger partial charge >= 0.3 is 0 Å². The molecule has 1 aromatic heterocycles. The minimum atomic E-state index is -0.396. The number of rotatable bonds is 12. The normalized spacial score (nSPS) is 17.2. The van der Waals surface area contributed by atoms with Gasteiger partial charge in [-0.15, -0.1) is 0 Å². The number of nitrogens with zero attached hydrogens (tertiary/aromatic N) is 1. The van der Waals surface area contributed by atoms with Gasteiger partial charge in [0.2, 0.25) is 0 Å². The van der Waals surface area contributed by atoms with Gasteiger partial charge in [-0.25, -0.2) is 0 Å². The largest absolute Gasteiger partial charge is 1.00 e. The predicted octanol–water partition coefficient (Wildman–Crippen LogP) is -8.57. The Balaban J connectivity index is -0.000000208. The van der Waals surface area contributed by atoms with Gasteiger partial charge in [0.25, 0.3) is 0 Å². The lowest BCUT2D eigenvalue weighted by atomic mass is 10.2. The summed E-state index contributed by atoms with van der Waals surface area (Å²) in [6, 6.07) is 5.86. The molecule has 35 heavy (non-hydrogen) atoms. The molecule has 11 heteroatoms. The number of aliphatic hydroxyl groups excluding tert-OH is 6. The van der Waals surface area contributed by atoms with Crippen molar-refractivity contribution >= 4 is 0 Å². The molecule has 0 fully saturated rings. The smallest absolute Gasteiger partial charge is 0.103 e. The lowest BCUT2D eigenvalue weighted by Crippen LogP contribution is -3.15. The van der Waals surface area contributed by atoms with Crippen LogP contribution in [-0.4, -0.2) is 112 Å². The number of quaternary nitrogens is 2. The molecule has 6 unspecified atom stereocenters. The minimum Gasteiger partial charge on any atom is -1.00 e. The van der Waals surface area contributed by atoms with E-state index >= 15 is 0 Å². The summed E-state index contributed by atoms with van der Waals surface area (Å²) in [5.74, 6) is 0. The molecule has 0 bridgehead atoms. The van der Waals surface area contributed by atoms with E-state index in [-0.39, 0.29) is 24.8 Å². The fourth-order valence-electron chi connectivity index (χ4n) is 3.45. The molecule has 0 saturated carbocycles. The third-order valence-corrected chi connectivity index (χ3v) is 4.32. The molecule has 0 spiro atoms. The quantitative estimate of drug-likeness (QED) is 0.130. The number of aromatic nitrogens is 1. The van der Waals surface area contributed by atoms with Crippen LogP contribution in [0.4, 0.5) is 0 Å². The Bertz CT molecular complexity index is 476. The van der Waals surface area contributed by atoms with E-state index in [2.05, 4.69) is 4.98 Å². The summed E-state index contributed by atoms with van der Waals surface area (Å²) in [5.41, 5.74) is 1.07. The number of pyridine rings is 1. The number of aliphatic hydroxyl groups is 6. The van der Waals surface area contributed by atoms with E-state index in [0.717, 1.165) is 15.5 Å². The monoisotopic (exact) mass is 547 g/mol. The second-order valence-electron chi connectivity index (χ2n) is 9.29. The molecule has 1 aromatic rings. The van der Waals surface area contributed by atoms with Gasteiger partial charge in [-0.3, -0.25) is 4.98 Å². The van der Waals surface area contributed by atoms with Crippen LogP contribution in [0.3, 0.4) is 0 Å². The Labute approximate surface area is 224 Å². The highest BCUT2D eigenvalue weighted by molar-refractivity contribution is 4.99. The van der Waals surface area contributed by atoms with Crippen molar-refractivity contribution in [1.29, 1.82) is 0 Å². The van der Waals surface area contributed by atoms with Crippen LogP contribution in [0.1, 0.15) is 47.2 Å². The number of hydrogen-bond donors (Lipinski definition) is 8. The number of hydrogen-bond acceptors (Lipinski definition) is 7. The van der Waals surface area contributed by atoms with Gasteiger partial charge in [-0.05, 0) is 60.6 Å². The first-order valence-electron chi connectivity index (χ1n) is 11.9. The molecule has 0 aliphatic carbocycles. The highest BCUT2D eigenvalue weighted by Crippen LogP contribution is 1.86. The SMILES string of the molecule is CC(O)C[NH+](CC(C)O)CC(C)O.CC(O)C[NH+](CC(C)O)CC(C)O.Cc1ccccn1.[Cl-].[Cl-]. The third-order valence-electron chi connectivity index (χ3n) is 4.32. The summed E-state index contributed by atoms with van der Waals surface area (Å²) in [5, 5.41) is 55.0. The fraction of sp³-hybridized carbons (Fsp3) is 0.792. The molecule has 0 aromatic carbocycles. The number of nitrogens with one attached hydrogen (secondary N) is 2. The second kappa shape index (κ2) is 25.1. The summed E-state index contributed by atoms with van der Waals surface area (Å²) >= 11 is 0. The molecule has 0 aliphatic rings. The summed E-state index contributed by atoms with van der Waals surface area (Å²) in [6.45, 7) is 15.6. The Morgan fingerprint density at radius 2 is 0.829 bits per heavy atom. The van der Waals surface area contributed by atoms with Crippen LogP contribution in [0.5, 0.6) is 0 Å². The van der Waals surface area contributed by atoms with Crippen molar-refractivity contribution in [2.75, 3.05) is 39.3 Å². The predicted molar refractivity (Wildman–Crippen MR) is 130 cm³/mol. The van der Waals surface area contributed by atoms with Crippen LogP contribution >= 0.6 is 0 Å². The zero-order valence-electron chi connectivity index (χ0n) is 22.4. The molecule has 6 atom stereocenters. The lowest BCUT2D eigenvalue weighted by Gasteiger charge is -2.23. The zero-order chi connectivity index (χ0) is 26.0. The molecule has 0 amide bonds. The van der Waals surface area contributed by atoms with Gasteiger partial charge < -0.3 is 65.3 Å². The first-order chi connectivity index (χ1) is 15.2. The van der Waals surface area contributed by atoms with E-state index in [1.807, 2.05) is 25.1 Å². The highest BCUT2D eigenvalue weighted by Gasteiger charge is 2.17. The summed E-state index contributed by atoms with van der Waals surface area (Å²) in [4.78, 5) is 6.03. The topological polar surface area (TPSA) is 143 Å². The Morgan fingerprint density at radius 3 is 0.943 bits per heavy atom.